The molecule has 3 heteroatoms. The van der Waals surface area contributed by atoms with Gasteiger partial charge >= 0.3 is 0 Å². The van der Waals surface area contributed by atoms with Gasteiger partial charge in [0.1, 0.15) is 0 Å². The SMILES string of the molecule is O=S(CCCCCCO)c1ccccc1. The third-order valence-electron chi connectivity index (χ3n) is 2.24. The number of rotatable bonds is 7. The zero-order valence-corrected chi connectivity index (χ0v) is 9.71. The van der Waals surface area contributed by atoms with Crippen molar-refractivity contribution < 1.29 is 9.32 Å². The van der Waals surface area contributed by atoms with E-state index in [9.17, 15) is 4.21 Å². The van der Waals surface area contributed by atoms with Crippen molar-refractivity contribution in [2.24, 2.45) is 0 Å². The molecule has 0 spiro atoms. The van der Waals surface area contributed by atoms with Crippen molar-refractivity contribution in [3.63, 3.8) is 0 Å². The van der Waals surface area contributed by atoms with Crippen LogP contribution < -0.4 is 0 Å². The maximum Gasteiger partial charge on any atom is 0.0529 e. The predicted octanol–water partition coefficient (Wildman–Crippen LogP) is 2.35. The molecule has 0 amide bonds. The minimum absolute atomic E-state index is 0.266. The quantitative estimate of drug-likeness (QED) is 0.725. The molecule has 0 aliphatic carbocycles. The van der Waals surface area contributed by atoms with Crippen LogP contribution in [0.25, 0.3) is 0 Å². The van der Waals surface area contributed by atoms with Crippen LogP contribution in [0.15, 0.2) is 35.2 Å². The Balaban J connectivity index is 2.20. The zero-order valence-electron chi connectivity index (χ0n) is 8.89. The Bertz CT molecular complexity index is 285. The number of hydrogen-bond donors (Lipinski definition) is 1. The third-order valence-corrected chi connectivity index (χ3v) is 3.70. The summed E-state index contributed by atoms with van der Waals surface area (Å²) >= 11 is 0. The fourth-order valence-corrected chi connectivity index (χ4v) is 2.55. The first-order chi connectivity index (χ1) is 7.34. The van der Waals surface area contributed by atoms with E-state index in [1.165, 1.54) is 0 Å². The van der Waals surface area contributed by atoms with E-state index in [0.717, 1.165) is 36.3 Å². The van der Waals surface area contributed by atoms with Crippen molar-refractivity contribution in [2.45, 2.75) is 30.6 Å². The highest BCUT2D eigenvalue weighted by atomic mass is 32.2. The van der Waals surface area contributed by atoms with Gasteiger partial charge in [0.25, 0.3) is 0 Å². The maximum absolute atomic E-state index is 11.7. The first-order valence-electron chi connectivity index (χ1n) is 5.39. The van der Waals surface area contributed by atoms with Crippen LogP contribution in [-0.2, 0) is 10.8 Å². The van der Waals surface area contributed by atoms with Gasteiger partial charge in [-0.25, -0.2) is 0 Å². The monoisotopic (exact) mass is 226 g/mol. The van der Waals surface area contributed by atoms with Crippen molar-refractivity contribution in [3.05, 3.63) is 30.3 Å². The molecule has 0 saturated carbocycles. The Morgan fingerprint density at radius 1 is 1.00 bits per heavy atom. The van der Waals surface area contributed by atoms with E-state index in [1.807, 2.05) is 30.3 Å². The van der Waals surface area contributed by atoms with Gasteiger partial charge in [-0.05, 0) is 25.0 Å². The van der Waals surface area contributed by atoms with Crippen LogP contribution in [0.3, 0.4) is 0 Å². The Labute approximate surface area is 93.8 Å². The molecule has 1 rings (SSSR count). The molecule has 0 heterocycles. The van der Waals surface area contributed by atoms with Gasteiger partial charge in [0, 0.05) is 17.3 Å². The first kappa shape index (κ1) is 12.4. The van der Waals surface area contributed by atoms with E-state index < -0.39 is 10.8 Å². The second-order valence-corrected chi connectivity index (χ2v) is 5.07. The summed E-state index contributed by atoms with van der Waals surface area (Å²) in [6, 6.07) is 9.58. The van der Waals surface area contributed by atoms with Crippen molar-refractivity contribution in [1.82, 2.24) is 0 Å². The molecule has 2 nitrogen and oxygen atoms in total. The molecule has 0 aliphatic heterocycles. The van der Waals surface area contributed by atoms with Crippen LogP contribution >= 0.6 is 0 Å². The maximum atomic E-state index is 11.7. The van der Waals surface area contributed by atoms with Crippen LogP contribution in [0.1, 0.15) is 25.7 Å². The van der Waals surface area contributed by atoms with Gasteiger partial charge in [-0.15, -0.1) is 0 Å². The van der Waals surface area contributed by atoms with Gasteiger partial charge in [-0.3, -0.25) is 4.21 Å². The van der Waals surface area contributed by atoms with Gasteiger partial charge in [-0.2, -0.15) is 0 Å². The summed E-state index contributed by atoms with van der Waals surface area (Å²) in [5.41, 5.74) is 0. The fourth-order valence-electron chi connectivity index (χ4n) is 1.39. The Kier molecular flexibility index (Phi) is 6.28. The fraction of sp³-hybridized carbons (Fsp3) is 0.500. The minimum atomic E-state index is -0.851. The molecule has 0 radical (unpaired) electrons. The molecule has 0 saturated heterocycles. The number of hydrogen-bond acceptors (Lipinski definition) is 2. The largest absolute Gasteiger partial charge is 0.396 e. The smallest absolute Gasteiger partial charge is 0.0529 e. The standard InChI is InChI=1S/C12H18O2S/c13-10-6-1-2-7-11-15(14)12-8-4-3-5-9-12/h3-5,8-9,13H,1-2,6-7,10-11H2. The first-order valence-corrected chi connectivity index (χ1v) is 6.71. The van der Waals surface area contributed by atoms with E-state index in [0.29, 0.717) is 0 Å². The number of aliphatic hydroxyl groups is 1. The van der Waals surface area contributed by atoms with Gasteiger partial charge in [0.2, 0.25) is 0 Å². The van der Waals surface area contributed by atoms with E-state index >= 15 is 0 Å². The lowest BCUT2D eigenvalue weighted by atomic mass is 10.2. The second kappa shape index (κ2) is 7.60. The zero-order chi connectivity index (χ0) is 10.9. The lowest BCUT2D eigenvalue weighted by molar-refractivity contribution is 0.283. The molecule has 1 aromatic carbocycles. The van der Waals surface area contributed by atoms with Crippen molar-refractivity contribution in [3.8, 4) is 0 Å². The van der Waals surface area contributed by atoms with Crippen LogP contribution in [0, 0.1) is 0 Å². The van der Waals surface area contributed by atoms with Gasteiger partial charge < -0.3 is 5.11 Å². The highest BCUT2D eigenvalue weighted by Gasteiger charge is 2.01. The van der Waals surface area contributed by atoms with Gasteiger partial charge in [0.05, 0.1) is 10.8 Å². The molecule has 1 unspecified atom stereocenters. The second-order valence-electron chi connectivity index (χ2n) is 3.50. The molecular formula is C12H18O2S. The van der Waals surface area contributed by atoms with Crippen LogP contribution in [0.2, 0.25) is 0 Å². The summed E-state index contributed by atoms with van der Waals surface area (Å²) in [5, 5.41) is 8.59. The lowest BCUT2D eigenvalue weighted by Gasteiger charge is -2.01. The molecule has 15 heavy (non-hydrogen) atoms. The highest BCUT2D eigenvalue weighted by Crippen LogP contribution is 2.08. The normalized spacial score (nSPS) is 12.6. The number of aliphatic hydroxyl groups excluding tert-OH is 1. The predicted molar refractivity (Wildman–Crippen MR) is 63.3 cm³/mol. The molecule has 1 atom stereocenters. The van der Waals surface area contributed by atoms with E-state index in [1.54, 1.807) is 0 Å². The number of unbranched alkanes of at least 4 members (excludes halogenated alkanes) is 3. The van der Waals surface area contributed by atoms with Crippen LogP contribution in [0.5, 0.6) is 0 Å². The van der Waals surface area contributed by atoms with Gasteiger partial charge in [-0.1, -0.05) is 31.0 Å². The molecule has 84 valence electrons. The third kappa shape index (κ3) is 5.09. The molecule has 0 aliphatic rings. The molecule has 1 aromatic rings. The molecule has 0 fully saturated rings. The molecular weight excluding hydrogens is 208 g/mol. The summed E-state index contributed by atoms with van der Waals surface area (Å²) in [5.74, 6) is 0.732. The average Bonchev–Trinajstić information content (AvgIpc) is 2.30. The van der Waals surface area contributed by atoms with E-state index in [4.69, 9.17) is 5.11 Å². The topological polar surface area (TPSA) is 37.3 Å². The summed E-state index contributed by atoms with van der Waals surface area (Å²) < 4.78 is 11.7. The minimum Gasteiger partial charge on any atom is -0.396 e. The van der Waals surface area contributed by atoms with Crippen LogP contribution in [0.4, 0.5) is 0 Å². The van der Waals surface area contributed by atoms with Crippen molar-refractivity contribution >= 4 is 10.8 Å². The molecule has 1 N–H and O–H groups in total. The van der Waals surface area contributed by atoms with Crippen molar-refractivity contribution in [1.29, 1.82) is 0 Å². The number of benzene rings is 1. The van der Waals surface area contributed by atoms with E-state index in [-0.39, 0.29) is 6.61 Å². The molecule has 0 bridgehead atoms. The van der Waals surface area contributed by atoms with E-state index in [2.05, 4.69) is 0 Å². The van der Waals surface area contributed by atoms with Crippen molar-refractivity contribution in [2.75, 3.05) is 12.4 Å². The summed E-state index contributed by atoms with van der Waals surface area (Å²) in [6.07, 6.45) is 3.92. The summed E-state index contributed by atoms with van der Waals surface area (Å²) in [4.78, 5) is 0.916. The lowest BCUT2D eigenvalue weighted by Crippen LogP contribution is -1.98. The molecule has 0 aromatic heterocycles. The Hall–Kier alpha value is -0.670. The Morgan fingerprint density at radius 2 is 1.67 bits per heavy atom. The Morgan fingerprint density at radius 3 is 2.33 bits per heavy atom. The summed E-state index contributed by atoms with van der Waals surface area (Å²) in [7, 11) is -0.851. The summed E-state index contributed by atoms with van der Waals surface area (Å²) in [6.45, 7) is 0.266. The average molecular weight is 226 g/mol. The highest BCUT2D eigenvalue weighted by molar-refractivity contribution is 7.85. The van der Waals surface area contributed by atoms with Crippen LogP contribution in [-0.4, -0.2) is 21.7 Å². The van der Waals surface area contributed by atoms with Gasteiger partial charge in [0.15, 0.2) is 0 Å².